The zero-order valence-electron chi connectivity index (χ0n) is 20.0. The van der Waals surface area contributed by atoms with Gasteiger partial charge in [-0.2, -0.15) is 0 Å². The van der Waals surface area contributed by atoms with Gasteiger partial charge in [0, 0.05) is 17.1 Å². The van der Waals surface area contributed by atoms with Crippen molar-refractivity contribution in [3.8, 4) is 5.69 Å². The second-order valence-electron chi connectivity index (χ2n) is 9.38. The van der Waals surface area contributed by atoms with Crippen molar-refractivity contribution in [1.82, 2.24) is 14.8 Å². The minimum atomic E-state index is -0.753. The van der Waals surface area contributed by atoms with E-state index in [1.807, 2.05) is 19.9 Å². The molecule has 0 bridgehead atoms. The lowest BCUT2D eigenvalue weighted by Gasteiger charge is -2.25. The van der Waals surface area contributed by atoms with Crippen LogP contribution in [0.2, 0.25) is 0 Å². The van der Waals surface area contributed by atoms with Gasteiger partial charge in [-0.1, -0.05) is 31.4 Å². The summed E-state index contributed by atoms with van der Waals surface area (Å²) in [5.41, 5.74) is 5.01. The Bertz CT molecular complexity index is 1290. The third kappa shape index (κ3) is 4.46. The summed E-state index contributed by atoms with van der Waals surface area (Å²) in [6.07, 6.45) is 9.50. The summed E-state index contributed by atoms with van der Waals surface area (Å²) in [7, 11) is 0. The largest absolute Gasteiger partial charge is 0.467 e. The smallest absolute Gasteiger partial charge is 0.331 e. The molecule has 1 aliphatic carbocycles. The minimum Gasteiger partial charge on any atom is -0.467 e. The number of rotatable bonds is 5. The Morgan fingerprint density at radius 2 is 1.77 bits per heavy atom. The average Bonchev–Trinajstić information content (AvgIpc) is 3.47. The molecule has 3 aromatic rings. The summed E-state index contributed by atoms with van der Waals surface area (Å²) in [4.78, 5) is 38.9. The molecule has 0 spiro atoms. The van der Waals surface area contributed by atoms with Gasteiger partial charge >= 0.3 is 6.03 Å². The summed E-state index contributed by atoms with van der Waals surface area (Å²) >= 11 is 0. The van der Waals surface area contributed by atoms with Crippen molar-refractivity contribution in [3.05, 3.63) is 82.6 Å². The lowest BCUT2D eigenvalue weighted by molar-refractivity contribution is -0.130. The highest BCUT2D eigenvalue weighted by atomic mass is 16.3. The molecule has 5 rings (SSSR count). The fraction of sp³-hybridized carbons (Fsp3) is 0.321. The monoisotopic (exact) mass is 471 g/mol. The van der Waals surface area contributed by atoms with Crippen molar-refractivity contribution in [2.75, 3.05) is 0 Å². The number of urea groups is 1. The number of imide groups is 2. The van der Waals surface area contributed by atoms with Crippen molar-refractivity contribution in [1.29, 1.82) is 0 Å². The van der Waals surface area contributed by atoms with Crippen LogP contribution in [0.1, 0.15) is 66.3 Å². The molecule has 1 saturated heterocycles. The summed E-state index contributed by atoms with van der Waals surface area (Å²) < 4.78 is 7.38. The number of amides is 4. The van der Waals surface area contributed by atoms with Gasteiger partial charge in [-0.25, -0.2) is 4.79 Å². The molecule has 7 heteroatoms. The van der Waals surface area contributed by atoms with Gasteiger partial charge < -0.3 is 8.98 Å². The van der Waals surface area contributed by atoms with Crippen LogP contribution >= 0.6 is 0 Å². The number of aromatic nitrogens is 1. The van der Waals surface area contributed by atoms with Gasteiger partial charge in [0.2, 0.25) is 0 Å². The molecule has 2 aliphatic rings. The average molecular weight is 472 g/mol. The van der Waals surface area contributed by atoms with E-state index in [0.717, 1.165) is 27.5 Å². The number of furan rings is 1. The predicted octanol–water partition coefficient (Wildman–Crippen LogP) is 5.40. The SMILES string of the molecule is Cc1cc(/C=C2/C(=O)NC(=O)N(Cc3ccco3)C2=O)c(C)n1-c1ccc(C2CCCCC2)cc1. The van der Waals surface area contributed by atoms with Gasteiger partial charge in [-0.3, -0.25) is 19.8 Å². The van der Waals surface area contributed by atoms with E-state index in [4.69, 9.17) is 4.42 Å². The molecule has 0 unspecified atom stereocenters. The molecule has 1 aromatic carbocycles. The molecule has 7 nitrogen and oxygen atoms in total. The first-order valence-corrected chi connectivity index (χ1v) is 12.1. The molecule has 0 atom stereocenters. The second kappa shape index (κ2) is 9.41. The van der Waals surface area contributed by atoms with Crippen LogP contribution in [0.5, 0.6) is 0 Å². The maximum absolute atomic E-state index is 13.1. The molecule has 4 amide bonds. The van der Waals surface area contributed by atoms with E-state index in [1.54, 1.807) is 18.2 Å². The molecular weight excluding hydrogens is 442 g/mol. The van der Waals surface area contributed by atoms with E-state index in [9.17, 15) is 14.4 Å². The van der Waals surface area contributed by atoms with E-state index >= 15 is 0 Å². The molecule has 1 aliphatic heterocycles. The quantitative estimate of drug-likeness (QED) is 0.399. The van der Waals surface area contributed by atoms with Crippen LogP contribution in [0.3, 0.4) is 0 Å². The normalized spacial score (nSPS) is 18.4. The third-order valence-corrected chi connectivity index (χ3v) is 7.08. The van der Waals surface area contributed by atoms with E-state index in [2.05, 4.69) is 34.1 Å². The molecule has 3 heterocycles. The Hall–Kier alpha value is -3.87. The van der Waals surface area contributed by atoms with Gasteiger partial charge in [-0.05, 0) is 80.1 Å². The van der Waals surface area contributed by atoms with Crippen molar-refractivity contribution < 1.29 is 18.8 Å². The van der Waals surface area contributed by atoms with E-state index < -0.39 is 17.8 Å². The first-order chi connectivity index (χ1) is 16.9. The molecular formula is C28H29N3O4. The van der Waals surface area contributed by atoms with Crippen LogP contribution in [0.25, 0.3) is 11.8 Å². The zero-order valence-corrected chi connectivity index (χ0v) is 20.0. The maximum atomic E-state index is 13.1. The second-order valence-corrected chi connectivity index (χ2v) is 9.38. The van der Waals surface area contributed by atoms with Crippen LogP contribution in [0.15, 0.2) is 58.7 Å². The molecule has 2 fully saturated rings. The Labute approximate surface area is 204 Å². The number of hydrogen-bond donors (Lipinski definition) is 1. The number of hydrogen-bond acceptors (Lipinski definition) is 4. The van der Waals surface area contributed by atoms with E-state index in [0.29, 0.717) is 11.7 Å². The van der Waals surface area contributed by atoms with E-state index in [1.165, 1.54) is 43.9 Å². The van der Waals surface area contributed by atoms with Gasteiger partial charge in [0.05, 0.1) is 12.8 Å². The van der Waals surface area contributed by atoms with Crippen LogP contribution in [-0.4, -0.2) is 27.3 Å². The lowest BCUT2D eigenvalue weighted by atomic mass is 9.84. The van der Waals surface area contributed by atoms with E-state index in [-0.39, 0.29) is 12.1 Å². The molecule has 180 valence electrons. The number of nitrogens with zero attached hydrogens (tertiary/aromatic N) is 2. The van der Waals surface area contributed by atoms with Gasteiger partial charge in [0.25, 0.3) is 11.8 Å². The number of carbonyl (C=O) groups excluding carboxylic acids is 3. The number of aryl methyl sites for hydroxylation is 1. The zero-order chi connectivity index (χ0) is 24.5. The Morgan fingerprint density at radius 3 is 2.46 bits per heavy atom. The number of nitrogens with one attached hydrogen (secondary N) is 1. The number of barbiturate groups is 1. The Balaban J connectivity index is 1.43. The molecule has 2 aromatic heterocycles. The third-order valence-electron chi connectivity index (χ3n) is 7.08. The van der Waals surface area contributed by atoms with Crippen molar-refractivity contribution in [2.24, 2.45) is 0 Å². The van der Waals surface area contributed by atoms with Crippen LogP contribution in [0.4, 0.5) is 4.79 Å². The maximum Gasteiger partial charge on any atom is 0.331 e. The van der Waals surface area contributed by atoms with Crippen molar-refractivity contribution in [2.45, 2.75) is 58.4 Å². The van der Waals surface area contributed by atoms with Crippen LogP contribution in [0, 0.1) is 13.8 Å². The fourth-order valence-corrected chi connectivity index (χ4v) is 5.21. The van der Waals surface area contributed by atoms with Crippen LogP contribution < -0.4 is 5.32 Å². The predicted molar refractivity (Wildman–Crippen MR) is 132 cm³/mol. The fourth-order valence-electron chi connectivity index (χ4n) is 5.21. The highest BCUT2D eigenvalue weighted by Crippen LogP contribution is 2.33. The number of benzene rings is 1. The van der Waals surface area contributed by atoms with Gasteiger partial charge in [0.15, 0.2) is 0 Å². The van der Waals surface area contributed by atoms with Crippen LogP contribution in [-0.2, 0) is 16.1 Å². The minimum absolute atomic E-state index is 0.0470. The van der Waals surface area contributed by atoms with Gasteiger partial charge in [-0.15, -0.1) is 0 Å². The first kappa shape index (κ1) is 22.9. The summed E-state index contributed by atoms with van der Waals surface area (Å²) in [5.74, 6) is -0.237. The summed E-state index contributed by atoms with van der Waals surface area (Å²) in [6, 6.07) is 13.3. The molecule has 35 heavy (non-hydrogen) atoms. The molecule has 0 radical (unpaired) electrons. The summed E-state index contributed by atoms with van der Waals surface area (Å²) in [6.45, 7) is 3.92. The Kier molecular flexibility index (Phi) is 6.16. The van der Waals surface area contributed by atoms with Crippen molar-refractivity contribution >= 4 is 23.9 Å². The lowest BCUT2D eigenvalue weighted by Crippen LogP contribution is -2.53. The molecule has 1 saturated carbocycles. The number of carbonyl (C=O) groups is 3. The standard InChI is InChI=1S/C28H29N3O4/c1-18-15-22(16-25-26(32)29-28(34)30(27(25)33)17-24-9-6-14-35-24)19(2)31(18)23-12-10-21(11-13-23)20-7-4-3-5-8-20/h6,9-16,20H,3-5,7-8,17H2,1-2H3,(H,29,32,34)/b25-16-. The Morgan fingerprint density at radius 1 is 1.03 bits per heavy atom. The van der Waals surface area contributed by atoms with Gasteiger partial charge in [0.1, 0.15) is 11.3 Å². The highest BCUT2D eigenvalue weighted by molar-refractivity contribution is 6.31. The highest BCUT2D eigenvalue weighted by Gasteiger charge is 2.36. The van der Waals surface area contributed by atoms with Crippen molar-refractivity contribution in [3.63, 3.8) is 0 Å². The molecule has 1 N–H and O–H groups in total. The summed E-state index contributed by atoms with van der Waals surface area (Å²) in [5, 5.41) is 2.26. The first-order valence-electron chi connectivity index (χ1n) is 12.1. The topological polar surface area (TPSA) is 84.6 Å².